The Bertz CT molecular complexity index is 358. The fraction of sp³-hybridized carbons (Fsp3) is 0.667. The Kier molecular flexibility index (Phi) is 9.27. The maximum Gasteiger partial charge on any atom is 0.152 e. The molecule has 0 aliphatic carbocycles. The van der Waals surface area contributed by atoms with E-state index in [4.69, 9.17) is 11.6 Å². The maximum absolute atomic E-state index is 6.01. The van der Waals surface area contributed by atoms with E-state index in [9.17, 15) is 0 Å². The predicted molar refractivity (Wildman–Crippen MR) is 88.0 cm³/mol. The van der Waals surface area contributed by atoms with Gasteiger partial charge in [0, 0.05) is 17.2 Å². The van der Waals surface area contributed by atoms with E-state index in [1.54, 1.807) is 6.20 Å². The van der Waals surface area contributed by atoms with Crippen LogP contribution in [0.15, 0.2) is 16.7 Å². The number of hydrogen-bond donors (Lipinski definition) is 1. The number of anilines is 1. The van der Waals surface area contributed by atoms with Crippen LogP contribution in [0, 0.1) is 0 Å². The van der Waals surface area contributed by atoms with Crippen LogP contribution in [0.5, 0.6) is 0 Å². The molecule has 1 rings (SSSR count). The molecule has 108 valence electrons. The Morgan fingerprint density at radius 2 is 1.74 bits per heavy atom. The highest BCUT2D eigenvalue weighted by atomic mass is 79.9. The first-order valence-electron chi connectivity index (χ1n) is 7.29. The fourth-order valence-electron chi connectivity index (χ4n) is 2.03. The van der Waals surface area contributed by atoms with Crippen molar-refractivity contribution in [1.29, 1.82) is 0 Å². The Morgan fingerprint density at radius 3 is 2.42 bits per heavy atom. The van der Waals surface area contributed by atoms with Gasteiger partial charge in [-0.1, -0.05) is 63.5 Å². The number of aromatic nitrogens is 1. The molecule has 0 atom stereocenters. The lowest BCUT2D eigenvalue weighted by Gasteiger charge is -2.08. The third-order valence-corrected chi connectivity index (χ3v) is 3.89. The van der Waals surface area contributed by atoms with Crippen molar-refractivity contribution in [3.63, 3.8) is 0 Å². The summed E-state index contributed by atoms with van der Waals surface area (Å²) >= 11 is 9.41. The monoisotopic (exact) mass is 346 g/mol. The normalized spacial score (nSPS) is 10.7. The van der Waals surface area contributed by atoms with E-state index in [0.29, 0.717) is 5.15 Å². The second-order valence-corrected chi connectivity index (χ2v) is 6.17. The van der Waals surface area contributed by atoms with Crippen LogP contribution in [0.25, 0.3) is 0 Å². The minimum atomic E-state index is 0.544. The van der Waals surface area contributed by atoms with E-state index >= 15 is 0 Å². The molecule has 0 aromatic carbocycles. The van der Waals surface area contributed by atoms with Gasteiger partial charge in [0.05, 0.1) is 5.69 Å². The van der Waals surface area contributed by atoms with Gasteiger partial charge in [0.2, 0.25) is 0 Å². The lowest BCUT2D eigenvalue weighted by atomic mass is 10.1. The zero-order chi connectivity index (χ0) is 13.9. The first kappa shape index (κ1) is 16.8. The van der Waals surface area contributed by atoms with Crippen molar-refractivity contribution >= 4 is 33.2 Å². The summed E-state index contributed by atoms with van der Waals surface area (Å²) in [5, 5.41) is 3.88. The Labute approximate surface area is 130 Å². The SMILES string of the molecule is CCCCCCCCCCNc1cc(Br)cnc1Cl. The van der Waals surface area contributed by atoms with Crippen LogP contribution in [0.3, 0.4) is 0 Å². The van der Waals surface area contributed by atoms with Gasteiger partial charge >= 0.3 is 0 Å². The highest BCUT2D eigenvalue weighted by Crippen LogP contribution is 2.22. The number of unbranched alkanes of at least 4 members (excludes halogenated alkanes) is 7. The first-order valence-corrected chi connectivity index (χ1v) is 8.46. The smallest absolute Gasteiger partial charge is 0.152 e. The van der Waals surface area contributed by atoms with Crippen LogP contribution in [-0.2, 0) is 0 Å². The van der Waals surface area contributed by atoms with Crippen molar-refractivity contribution in [2.24, 2.45) is 0 Å². The molecular weight excluding hydrogens is 324 g/mol. The highest BCUT2D eigenvalue weighted by molar-refractivity contribution is 9.10. The maximum atomic E-state index is 6.01. The van der Waals surface area contributed by atoms with Gasteiger partial charge in [0.1, 0.15) is 0 Å². The molecule has 0 saturated heterocycles. The molecule has 1 aromatic heterocycles. The summed E-state index contributed by atoms with van der Waals surface area (Å²) in [6.07, 6.45) is 12.4. The van der Waals surface area contributed by atoms with E-state index in [1.165, 1.54) is 51.4 Å². The number of halogens is 2. The summed E-state index contributed by atoms with van der Waals surface area (Å²) in [6.45, 7) is 3.22. The fourth-order valence-corrected chi connectivity index (χ4v) is 2.53. The molecule has 0 fully saturated rings. The van der Waals surface area contributed by atoms with E-state index in [1.807, 2.05) is 6.07 Å². The van der Waals surface area contributed by atoms with Crippen molar-refractivity contribution in [1.82, 2.24) is 4.98 Å². The number of pyridine rings is 1. The summed E-state index contributed by atoms with van der Waals surface area (Å²) < 4.78 is 0.954. The van der Waals surface area contributed by atoms with Gasteiger partial charge in [0.25, 0.3) is 0 Å². The summed E-state index contributed by atoms with van der Waals surface area (Å²) in [4.78, 5) is 4.09. The van der Waals surface area contributed by atoms with E-state index in [-0.39, 0.29) is 0 Å². The van der Waals surface area contributed by atoms with E-state index in [0.717, 1.165) is 16.7 Å². The van der Waals surface area contributed by atoms with Gasteiger partial charge in [0.15, 0.2) is 5.15 Å². The highest BCUT2D eigenvalue weighted by Gasteiger charge is 2.01. The molecule has 0 bridgehead atoms. The topological polar surface area (TPSA) is 24.9 Å². The zero-order valence-corrected chi connectivity index (χ0v) is 14.1. The molecule has 0 unspecified atom stereocenters. The summed E-state index contributed by atoms with van der Waals surface area (Å²) in [5.74, 6) is 0. The van der Waals surface area contributed by atoms with Crippen LogP contribution in [0.2, 0.25) is 5.15 Å². The standard InChI is InChI=1S/C15H24BrClN2/c1-2-3-4-5-6-7-8-9-10-18-14-11-13(16)12-19-15(14)17/h11-12,18H,2-10H2,1H3. The molecule has 0 amide bonds. The van der Waals surface area contributed by atoms with Crippen molar-refractivity contribution in [2.45, 2.75) is 58.3 Å². The zero-order valence-electron chi connectivity index (χ0n) is 11.7. The lowest BCUT2D eigenvalue weighted by molar-refractivity contribution is 0.581. The average molecular weight is 348 g/mol. The number of rotatable bonds is 10. The van der Waals surface area contributed by atoms with Crippen molar-refractivity contribution in [3.8, 4) is 0 Å². The second kappa shape index (κ2) is 10.5. The molecule has 0 spiro atoms. The average Bonchev–Trinajstić information content (AvgIpc) is 2.40. The molecule has 0 aliphatic rings. The molecule has 19 heavy (non-hydrogen) atoms. The molecule has 2 nitrogen and oxygen atoms in total. The van der Waals surface area contributed by atoms with Crippen molar-refractivity contribution in [2.75, 3.05) is 11.9 Å². The summed E-state index contributed by atoms with van der Waals surface area (Å²) in [6, 6.07) is 1.97. The Balaban J connectivity index is 2.03. The van der Waals surface area contributed by atoms with E-state index < -0.39 is 0 Å². The molecule has 0 saturated carbocycles. The molecular formula is C15H24BrClN2. The van der Waals surface area contributed by atoms with Crippen LogP contribution in [-0.4, -0.2) is 11.5 Å². The van der Waals surface area contributed by atoms with Crippen molar-refractivity contribution < 1.29 is 0 Å². The third kappa shape index (κ3) is 7.78. The van der Waals surface area contributed by atoms with Gasteiger partial charge < -0.3 is 5.32 Å². The van der Waals surface area contributed by atoms with Gasteiger partial charge in [-0.3, -0.25) is 0 Å². The number of nitrogens with one attached hydrogen (secondary N) is 1. The first-order chi connectivity index (χ1) is 9.24. The third-order valence-electron chi connectivity index (χ3n) is 3.15. The lowest BCUT2D eigenvalue weighted by Crippen LogP contribution is -2.02. The van der Waals surface area contributed by atoms with E-state index in [2.05, 4.69) is 33.2 Å². The quantitative estimate of drug-likeness (QED) is 0.411. The molecule has 0 radical (unpaired) electrons. The Hall–Kier alpha value is -0.280. The minimum Gasteiger partial charge on any atom is -0.383 e. The molecule has 0 aliphatic heterocycles. The number of nitrogens with zero attached hydrogens (tertiary/aromatic N) is 1. The predicted octanol–water partition coefficient (Wildman–Crippen LogP) is 6.05. The van der Waals surface area contributed by atoms with Crippen LogP contribution in [0.1, 0.15) is 58.3 Å². The van der Waals surface area contributed by atoms with Gasteiger partial charge in [-0.15, -0.1) is 0 Å². The summed E-state index contributed by atoms with van der Waals surface area (Å²) in [5.41, 5.74) is 0.916. The van der Waals surface area contributed by atoms with Crippen LogP contribution < -0.4 is 5.32 Å². The number of hydrogen-bond acceptors (Lipinski definition) is 2. The molecule has 1 heterocycles. The molecule has 1 N–H and O–H groups in total. The van der Waals surface area contributed by atoms with Crippen LogP contribution >= 0.6 is 27.5 Å². The van der Waals surface area contributed by atoms with Gasteiger partial charge in [-0.2, -0.15) is 0 Å². The largest absolute Gasteiger partial charge is 0.383 e. The van der Waals surface area contributed by atoms with Gasteiger partial charge in [-0.05, 0) is 28.4 Å². The minimum absolute atomic E-state index is 0.544. The molecule has 1 aromatic rings. The van der Waals surface area contributed by atoms with Gasteiger partial charge in [-0.25, -0.2) is 4.98 Å². The van der Waals surface area contributed by atoms with Crippen molar-refractivity contribution in [3.05, 3.63) is 21.9 Å². The Morgan fingerprint density at radius 1 is 1.11 bits per heavy atom. The summed E-state index contributed by atoms with van der Waals surface area (Å²) in [7, 11) is 0. The second-order valence-electron chi connectivity index (χ2n) is 4.89. The van der Waals surface area contributed by atoms with Crippen LogP contribution in [0.4, 0.5) is 5.69 Å². The molecule has 4 heteroatoms.